The lowest BCUT2D eigenvalue weighted by molar-refractivity contribution is -0.139. The average Bonchev–Trinajstić information content (AvgIpc) is 2.94. The number of benzene rings is 3. The van der Waals surface area contributed by atoms with Gasteiger partial charge in [-0.05, 0) is 81.6 Å². The molecule has 0 aliphatic carbocycles. The van der Waals surface area contributed by atoms with Gasteiger partial charge in [0.25, 0.3) is 10.0 Å². The first kappa shape index (κ1) is 32.1. The van der Waals surface area contributed by atoms with Crippen LogP contribution in [-0.4, -0.2) is 50.9 Å². The van der Waals surface area contributed by atoms with Gasteiger partial charge in [0.05, 0.1) is 17.7 Å². The van der Waals surface area contributed by atoms with Crippen molar-refractivity contribution in [2.75, 3.05) is 18.0 Å². The molecule has 41 heavy (non-hydrogen) atoms. The molecule has 0 heterocycles. The minimum Gasteiger partial charge on any atom is -0.495 e. The maximum absolute atomic E-state index is 14.1. The van der Waals surface area contributed by atoms with Crippen molar-refractivity contribution < 1.29 is 22.7 Å². The molecule has 0 aromatic heterocycles. The van der Waals surface area contributed by atoms with E-state index in [0.29, 0.717) is 5.75 Å². The van der Waals surface area contributed by atoms with Crippen LogP contribution in [0.5, 0.6) is 5.75 Å². The van der Waals surface area contributed by atoms with Gasteiger partial charge in [0, 0.05) is 17.1 Å². The van der Waals surface area contributed by atoms with E-state index in [1.165, 1.54) is 24.1 Å². The van der Waals surface area contributed by atoms with Crippen molar-refractivity contribution in [1.82, 2.24) is 10.2 Å². The first-order chi connectivity index (χ1) is 19.4. The van der Waals surface area contributed by atoms with Gasteiger partial charge in [0.1, 0.15) is 18.3 Å². The number of hydrogen-bond acceptors (Lipinski definition) is 5. The first-order valence-electron chi connectivity index (χ1n) is 13.5. The van der Waals surface area contributed by atoms with Crippen LogP contribution in [0.2, 0.25) is 0 Å². The van der Waals surface area contributed by atoms with Crippen LogP contribution in [0.3, 0.4) is 0 Å². The normalized spacial score (nSPS) is 12.8. The first-order valence-corrected chi connectivity index (χ1v) is 15.7. The topological polar surface area (TPSA) is 96.0 Å². The van der Waals surface area contributed by atoms with Crippen molar-refractivity contribution >= 4 is 43.5 Å². The smallest absolute Gasteiger partial charge is 0.264 e. The van der Waals surface area contributed by atoms with Crippen LogP contribution < -0.4 is 14.4 Å². The molecule has 0 bridgehead atoms. The van der Waals surface area contributed by atoms with Crippen molar-refractivity contribution in [3.8, 4) is 5.75 Å². The Hall–Kier alpha value is -3.37. The molecule has 2 atom stereocenters. The highest BCUT2D eigenvalue weighted by atomic mass is 79.9. The molecule has 3 aromatic rings. The lowest BCUT2D eigenvalue weighted by Gasteiger charge is -2.33. The highest BCUT2D eigenvalue weighted by Gasteiger charge is 2.34. The molecule has 0 spiro atoms. The Kier molecular flexibility index (Phi) is 11.0. The van der Waals surface area contributed by atoms with E-state index >= 15 is 0 Å². The van der Waals surface area contributed by atoms with Gasteiger partial charge < -0.3 is 15.0 Å². The van der Waals surface area contributed by atoms with Crippen LogP contribution in [0, 0.1) is 13.8 Å². The van der Waals surface area contributed by atoms with E-state index in [1.807, 2.05) is 58.0 Å². The molecular weight excluding hydrogens is 606 g/mol. The summed E-state index contributed by atoms with van der Waals surface area (Å²) in [5, 5.41) is 2.94. The Balaban J connectivity index is 2.10. The summed E-state index contributed by atoms with van der Waals surface area (Å²) < 4.78 is 35.6. The number of methoxy groups -OCH3 is 1. The SMILES string of the molecule is CC[C@@H](C)NC(=O)[C@@H](C)N(Cc1cccc(Br)c1)C(=O)CN(c1cc(C)ccc1OC)S(=O)(=O)c1ccc(C)cc1. The number of hydrogen-bond donors (Lipinski definition) is 1. The van der Waals surface area contributed by atoms with Crippen molar-refractivity contribution in [3.05, 3.63) is 87.9 Å². The van der Waals surface area contributed by atoms with Gasteiger partial charge in [-0.25, -0.2) is 8.42 Å². The van der Waals surface area contributed by atoms with Crippen LogP contribution in [0.15, 0.2) is 76.1 Å². The Morgan fingerprint density at radius 1 is 0.976 bits per heavy atom. The second-order valence-electron chi connectivity index (χ2n) is 10.1. The van der Waals surface area contributed by atoms with E-state index < -0.39 is 28.5 Å². The highest BCUT2D eigenvalue weighted by Crippen LogP contribution is 2.34. The van der Waals surface area contributed by atoms with E-state index in [9.17, 15) is 18.0 Å². The molecular formula is C31H38BrN3O5S. The maximum Gasteiger partial charge on any atom is 0.264 e. The molecule has 0 unspecified atom stereocenters. The van der Waals surface area contributed by atoms with Crippen LogP contribution in [0.4, 0.5) is 5.69 Å². The van der Waals surface area contributed by atoms with E-state index in [0.717, 1.165) is 31.9 Å². The lowest BCUT2D eigenvalue weighted by Crippen LogP contribution is -2.52. The Morgan fingerprint density at radius 3 is 2.24 bits per heavy atom. The maximum atomic E-state index is 14.1. The zero-order valence-corrected chi connectivity index (χ0v) is 26.8. The van der Waals surface area contributed by atoms with Crippen LogP contribution in [-0.2, 0) is 26.2 Å². The number of nitrogens with one attached hydrogen (secondary N) is 1. The molecule has 0 radical (unpaired) electrons. The van der Waals surface area contributed by atoms with Crippen LogP contribution in [0.25, 0.3) is 0 Å². The molecule has 0 saturated heterocycles. The number of sulfonamides is 1. The molecule has 1 N–H and O–H groups in total. The standard InChI is InChI=1S/C31H38BrN3O5S/c1-7-23(4)33-31(37)24(5)34(19-25-9-8-10-26(32)18-25)30(36)20-35(28-17-22(3)13-16-29(28)40-6)41(38,39)27-14-11-21(2)12-15-27/h8-18,23-24H,7,19-20H2,1-6H3,(H,33,37)/t23-,24-/m1/s1. The van der Waals surface area contributed by atoms with Crippen molar-refractivity contribution in [2.24, 2.45) is 0 Å². The summed E-state index contributed by atoms with van der Waals surface area (Å²) in [6, 6.07) is 18.1. The van der Waals surface area contributed by atoms with Gasteiger partial charge in [0.15, 0.2) is 0 Å². The number of amides is 2. The highest BCUT2D eigenvalue weighted by molar-refractivity contribution is 9.10. The quantitative estimate of drug-likeness (QED) is 0.277. The second-order valence-corrected chi connectivity index (χ2v) is 12.9. The Morgan fingerprint density at radius 2 is 1.63 bits per heavy atom. The van der Waals surface area contributed by atoms with Crippen molar-refractivity contribution in [2.45, 2.75) is 64.6 Å². The average molecular weight is 645 g/mol. The van der Waals surface area contributed by atoms with Gasteiger partial charge in [-0.2, -0.15) is 0 Å². The van der Waals surface area contributed by atoms with E-state index in [2.05, 4.69) is 21.2 Å². The molecule has 3 aromatic carbocycles. The minimum atomic E-state index is -4.20. The molecule has 0 aliphatic rings. The number of nitrogens with zero attached hydrogens (tertiary/aromatic N) is 2. The predicted octanol–water partition coefficient (Wildman–Crippen LogP) is 5.60. The monoisotopic (exact) mass is 643 g/mol. The molecule has 220 valence electrons. The van der Waals surface area contributed by atoms with Gasteiger partial charge in [-0.1, -0.05) is 58.7 Å². The van der Waals surface area contributed by atoms with Gasteiger partial charge in [-0.3, -0.25) is 13.9 Å². The molecule has 10 heteroatoms. The molecule has 0 aliphatic heterocycles. The van der Waals surface area contributed by atoms with E-state index in [-0.39, 0.29) is 29.1 Å². The molecule has 2 amide bonds. The lowest BCUT2D eigenvalue weighted by atomic mass is 10.1. The summed E-state index contributed by atoms with van der Waals surface area (Å²) in [4.78, 5) is 28.8. The number of anilines is 1. The fraction of sp³-hybridized carbons (Fsp3) is 0.355. The molecule has 0 saturated carbocycles. The minimum absolute atomic E-state index is 0.0422. The van der Waals surface area contributed by atoms with Crippen molar-refractivity contribution in [1.29, 1.82) is 0 Å². The fourth-order valence-electron chi connectivity index (χ4n) is 4.23. The van der Waals surface area contributed by atoms with Gasteiger partial charge in [0.2, 0.25) is 11.8 Å². The molecule has 3 rings (SSSR count). The van der Waals surface area contributed by atoms with E-state index in [4.69, 9.17) is 4.74 Å². The van der Waals surface area contributed by atoms with Gasteiger partial charge >= 0.3 is 0 Å². The summed E-state index contributed by atoms with van der Waals surface area (Å²) >= 11 is 3.46. The molecule has 8 nitrogen and oxygen atoms in total. The second kappa shape index (κ2) is 14.0. The van der Waals surface area contributed by atoms with Gasteiger partial charge in [-0.15, -0.1) is 0 Å². The summed E-state index contributed by atoms with van der Waals surface area (Å²) in [5.74, 6) is -0.542. The van der Waals surface area contributed by atoms with E-state index in [1.54, 1.807) is 31.2 Å². The van der Waals surface area contributed by atoms with Crippen LogP contribution in [0.1, 0.15) is 43.9 Å². The number of carbonyl (C=O) groups excluding carboxylic acids is 2. The number of ether oxygens (including phenoxy) is 1. The number of rotatable bonds is 12. The summed E-state index contributed by atoms with van der Waals surface area (Å²) in [6.07, 6.45) is 0.730. The zero-order valence-electron chi connectivity index (χ0n) is 24.3. The summed E-state index contributed by atoms with van der Waals surface area (Å²) in [7, 11) is -2.75. The predicted molar refractivity (Wildman–Crippen MR) is 165 cm³/mol. The van der Waals surface area contributed by atoms with Crippen LogP contribution >= 0.6 is 15.9 Å². The number of aryl methyl sites for hydroxylation is 2. The van der Waals surface area contributed by atoms with Crippen molar-refractivity contribution in [3.63, 3.8) is 0 Å². The Bertz CT molecular complexity index is 1480. The Labute approximate surface area is 251 Å². The molecule has 0 fully saturated rings. The zero-order chi connectivity index (χ0) is 30.3. The third-order valence-corrected chi connectivity index (χ3v) is 9.17. The number of carbonyl (C=O) groups is 2. The third kappa shape index (κ3) is 8.10. The third-order valence-electron chi connectivity index (χ3n) is 6.90. The summed E-state index contributed by atoms with van der Waals surface area (Å²) in [5.41, 5.74) is 2.73. The summed E-state index contributed by atoms with van der Waals surface area (Å²) in [6.45, 7) is 8.78. The largest absolute Gasteiger partial charge is 0.495 e. The fourth-order valence-corrected chi connectivity index (χ4v) is 6.09. The number of halogens is 1.